The first-order valence-electron chi connectivity index (χ1n) is 3.93. The highest BCUT2D eigenvalue weighted by molar-refractivity contribution is 5.85. The number of nitrogens with zero attached hydrogens (tertiary/aromatic N) is 1. The normalized spacial score (nSPS) is 15.8. The molecule has 0 aromatic carbocycles. The number of halogens is 1. The Morgan fingerprint density at radius 2 is 2.33 bits per heavy atom. The van der Waals surface area contributed by atoms with Gasteiger partial charge in [0.05, 0.1) is 11.4 Å². The zero-order valence-electron chi connectivity index (χ0n) is 7.08. The molecule has 1 aromatic heterocycles. The Hall–Kier alpha value is -0.890. The van der Waals surface area contributed by atoms with Gasteiger partial charge in [-0.05, 0) is 18.6 Å². The molecule has 3 heteroatoms. The van der Waals surface area contributed by atoms with Gasteiger partial charge in [0.15, 0.2) is 0 Å². The largest absolute Gasteiger partial charge is 0.373 e. The van der Waals surface area contributed by atoms with E-state index in [0.717, 1.165) is 6.54 Å². The maximum Gasteiger partial charge on any atom is 0.0614 e. The second kappa shape index (κ2) is 3.68. The number of nitrogens with one attached hydrogen (secondary N) is 1. The second-order valence-corrected chi connectivity index (χ2v) is 2.88. The molecule has 0 spiro atoms. The van der Waals surface area contributed by atoms with Crippen molar-refractivity contribution in [3.05, 3.63) is 30.1 Å². The molecule has 0 saturated heterocycles. The van der Waals surface area contributed by atoms with E-state index in [9.17, 15) is 0 Å². The SMILES string of the molecule is CN1CCC=C1c1ccc[nH]1.Cl. The van der Waals surface area contributed by atoms with E-state index in [1.807, 2.05) is 12.3 Å². The van der Waals surface area contributed by atoms with Crippen molar-refractivity contribution in [2.45, 2.75) is 6.42 Å². The summed E-state index contributed by atoms with van der Waals surface area (Å²) in [5.41, 5.74) is 2.56. The summed E-state index contributed by atoms with van der Waals surface area (Å²) in [5, 5.41) is 0. The molecule has 0 atom stereocenters. The summed E-state index contributed by atoms with van der Waals surface area (Å²) < 4.78 is 0. The smallest absolute Gasteiger partial charge is 0.0614 e. The van der Waals surface area contributed by atoms with Crippen molar-refractivity contribution in [3.63, 3.8) is 0 Å². The monoisotopic (exact) mass is 184 g/mol. The standard InChI is InChI=1S/C9H12N2.ClH/c1-11-7-3-5-9(11)8-4-2-6-10-8;/h2,4-6,10H,3,7H2,1H3;1H. The van der Waals surface area contributed by atoms with Crippen LogP contribution in [0.2, 0.25) is 0 Å². The lowest BCUT2D eigenvalue weighted by atomic mass is 10.3. The Morgan fingerprint density at radius 1 is 1.50 bits per heavy atom. The van der Waals surface area contributed by atoms with E-state index in [1.165, 1.54) is 17.8 Å². The molecule has 0 aliphatic carbocycles. The Kier molecular flexibility index (Phi) is 2.82. The lowest BCUT2D eigenvalue weighted by Crippen LogP contribution is -2.11. The van der Waals surface area contributed by atoms with Crippen LogP contribution in [0.25, 0.3) is 5.70 Å². The Balaban J connectivity index is 0.000000720. The van der Waals surface area contributed by atoms with E-state index in [0.29, 0.717) is 0 Å². The highest BCUT2D eigenvalue weighted by Crippen LogP contribution is 2.21. The maximum absolute atomic E-state index is 3.20. The molecule has 0 saturated carbocycles. The first-order valence-corrected chi connectivity index (χ1v) is 3.93. The van der Waals surface area contributed by atoms with Crippen LogP contribution in [-0.2, 0) is 0 Å². The van der Waals surface area contributed by atoms with Crippen LogP contribution in [0, 0.1) is 0 Å². The number of aromatic nitrogens is 1. The lowest BCUT2D eigenvalue weighted by molar-refractivity contribution is 0.516. The number of hydrogen-bond donors (Lipinski definition) is 1. The van der Waals surface area contributed by atoms with Crippen LogP contribution in [0.5, 0.6) is 0 Å². The minimum absolute atomic E-state index is 0. The summed E-state index contributed by atoms with van der Waals surface area (Å²) in [6, 6.07) is 4.13. The Bertz CT molecular complexity index is 264. The molecule has 1 aromatic rings. The molecule has 2 rings (SSSR count). The number of H-pyrrole nitrogens is 1. The van der Waals surface area contributed by atoms with Gasteiger partial charge in [0, 0.05) is 19.8 Å². The highest BCUT2D eigenvalue weighted by atomic mass is 35.5. The predicted molar refractivity (Wildman–Crippen MR) is 53.3 cm³/mol. The van der Waals surface area contributed by atoms with Crippen LogP contribution in [0.15, 0.2) is 24.4 Å². The average Bonchev–Trinajstić information content (AvgIpc) is 2.55. The third-order valence-corrected chi connectivity index (χ3v) is 2.09. The fourth-order valence-corrected chi connectivity index (χ4v) is 1.48. The van der Waals surface area contributed by atoms with Crippen LogP contribution in [0.3, 0.4) is 0 Å². The minimum atomic E-state index is 0. The van der Waals surface area contributed by atoms with Gasteiger partial charge < -0.3 is 9.88 Å². The maximum atomic E-state index is 3.20. The predicted octanol–water partition coefficient (Wildman–Crippen LogP) is 2.11. The zero-order chi connectivity index (χ0) is 7.68. The van der Waals surface area contributed by atoms with E-state index in [-0.39, 0.29) is 12.4 Å². The summed E-state index contributed by atoms with van der Waals surface area (Å²) in [6.07, 6.45) is 5.40. The van der Waals surface area contributed by atoms with Gasteiger partial charge in [-0.25, -0.2) is 0 Å². The molecule has 12 heavy (non-hydrogen) atoms. The summed E-state index contributed by atoms with van der Waals surface area (Å²) in [4.78, 5) is 5.47. The van der Waals surface area contributed by atoms with Crippen LogP contribution >= 0.6 is 12.4 Å². The summed E-state index contributed by atoms with van der Waals surface area (Å²) in [7, 11) is 2.12. The van der Waals surface area contributed by atoms with Crippen molar-refractivity contribution in [2.24, 2.45) is 0 Å². The quantitative estimate of drug-likeness (QED) is 0.709. The van der Waals surface area contributed by atoms with Crippen molar-refractivity contribution in [1.29, 1.82) is 0 Å². The molecule has 2 heterocycles. The molecule has 0 radical (unpaired) electrons. The van der Waals surface area contributed by atoms with E-state index in [4.69, 9.17) is 0 Å². The van der Waals surface area contributed by atoms with Gasteiger partial charge in [0.25, 0.3) is 0 Å². The molecule has 0 bridgehead atoms. The summed E-state index contributed by atoms with van der Waals surface area (Å²) >= 11 is 0. The second-order valence-electron chi connectivity index (χ2n) is 2.88. The summed E-state index contributed by atoms with van der Waals surface area (Å²) in [6.45, 7) is 1.15. The molecular formula is C9H13ClN2. The fraction of sp³-hybridized carbons (Fsp3) is 0.333. The van der Waals surface area contributed by atoms with Crippen molar-refractivity contribution < 1.29 is 0 Å². The lowest BCUT2D eigenvalue weighted by Gasteiger charge is -2.14. The van der Waals surface area contributed by atoms with Crippen molar-refractivity contribution in [3.8, 4) is 0 Å². The van der Waals surface area contributed by atoms with Crippen LogP contribution in [0.4, 0.5) is 0 Å². The first kappa shape index (κ1) is 9.20. The number of rotatable bonds is 1. The van der Waals surface area contributed by atoms with Crippen LogP contribution < -0.4 is 0 Å². The molecule has 66 valence electrons. The summed E-state index contributed by atoms with van der Waals surface area (Å²) in [5.74, 6) is 0. The molecule has 0 unspecified atom stereocenters. The molecule has 0 amide bonds. The zero-order valence-corrected chi connectivity index (χ0v) is 7.90. The minimum Gasteiger partial charge on any atom is -0.373 e. The van der Waals surface area contributed by atoms with Gasteiger partial charge in [0.2, 0.25) is 0 Å². The Labute approximate surface area is 78.7 Å². The van der Waals surface area contributed by atoms with Gasteiger partial charge in [-0.3, -0.25) is 0 Å². The van der Waals surface area contributed by atoms with Gasteiger partial charge in [-0.15, -0.1) is 12.4 Å². The van der Waals surface area contributed by atoms with Crippen molar-refractivity contribution in [2.75, 3.05) is 13.6 Å². The van der Waals surface area contributed by atoms with Gasteiger partial charge >= 0.3 is 0 Å². The van der Waals surface area contributed by atoms with E-state index in [2.05, 4.69) is 29.1 Å². The molecular weight excluding hydrogens is 172 g/mol. The van der Waals surface area contributed by atoms with Gasteiger partial charge in [-0.2, -0.15) is 0 Å². The third-order valence-electron chi connectivity index (χ3n) is 2.09. The highest BCUT2D eigenvalue weighted by Gasteiger charge is 2.11. The first-order chi connectivity index (χ1) is 5.38. The van der Waals surface area contributed by atoms with Crippen molar-refractivity contribution >= 4 is 18.1 Å². The van der Waals surface area contributed by atoms with Gasteiger partial charge in [0.1, 0.15) is 0 Å². The Morgan fingerprint density at radius 3 is 2.83 bits per heavy atom. The average molecular weight is 185 g/mol. The molecule has 1 aliphatic rings. The fourth-order valence-electron chi connectivity index (χ4n) is 1.48. The topological polar surface area (TPSA) is 19.0 Å². The van der Waals surface area contributed by atoms with Crippen molar-refractivity contribution in [1.82, 2.24) is 9.88 Å². The molecule has 1 N–H and O–H groups in total. The van der Waals surface area contributed by atoms with E-state index in [1.54, 1.807) is 0 Å². The van der Waals surface area contributed by atoms with Crippen LogP contribution in [0.1, 0.15) is 12.1 Å². The molecule has 0 fully saturated rings. The molecule has 1 aliphatic heterocycles. The molecule has 2 nitrogen and oxygen atoms in total. The van der Waals surface area contributed by atoms with Crippen LogP contribution in [-0.4, -0.2) is 23.5 Å². The van der Waals surface area contributed by atoms with E-state index >= 15 is 0 Å². The number of hydrogen-bond acceptors (Lipinski definition) is 1. The van der Waals surface area contributed by atoms with E-state index < -0.39 is 0 Å². The third kappa shape index (κ3) is 1.48. The van der Waals surface area contributed by atoms with Gasteiger partial charge in [-0.1, -0.05) is 6.08 Å². The number of aromatic amines is 1.